The van der Waals surface area contributed by atoms with Gasteiger partial charge in [-0.1, -0.05) is 11.6 Å². The predicted molar refractivity (Wildman–Crippen MR) is 65.1 cm³/mol. The molecule has 92 valence electrons. The highest BCUT2D eigenvalue weighted by Gasteiger charge is 2.14. The third-order valence-corrected chi connectivity index (χ3v) is 2.31. The van der Waals surface area contributed by atoms with E-state index >= 15 is 0 Å². The first-order valence-electron chi connectivity index (χ1n) is 4.76. The molecule has 0 fully saturated rings. The van der Waals surface area contributed by atoms with E-state index in [4.69, 9.17) is 28.2 Å². The summed E-state index contributed by atoms with van der Waals surface area (Å²) < 4.78 is 0. The number of carboxylic acid groups (broad SMARTS) is 1. The number of nitrogen functional groups attached to an aromatic ring is 1. The van der Waals surface area contributed by atoms with Crippen molar-refractivity contribution in [2.24, 2.45) is 5.73 Å². The van der Waals surface area contributed by atoms with Crippen molar-refractivity contribution in [3.63, 3.8) is 0 Å². The molecule has 1 aromatic carbocycles. The van der Waals surface area contributed by atoms with Crippen LogP contribution in [0, 0.1) is 0 Å². The fraction of sp³-hybridized carbons (Fsp3) is 0.200. The number of amides is 1. The van der Waals surface area contributed by atoms with E-state index < -0.39 is 11.9 Å². The van der Waals surface area contributed by atoms with E-state index in [1.807, 2.05) is 0 Å². The van der Waals surface area contributed by atoms with Crippen molar-refractivity contribution in [1.82, 2.24) is 0 Å². The highest BCUT2D eigenvalue weighted by Crippen LogP contribution is 2.29. The van der Waals surface area contributed by atoms with Crippen molar-refractivity contribution >= 4 is 34.9 Å². The van der Waals surface area contributed by atoms with Crippen LogP contribution < -0.4 is 16.8 Å². The first-order chi connectivity index (χ1) is 7.91. The number of carboxylic acids is 1. The first kappa shape index (κ1) is 13.1. The summed E-state index contributed by atoms with van der Waals surface area (Å²) in [7, 11) is 0. The molecule has 0 aliphatic rings. The second-order valence-electron chi connectivity index (χ2n) is 3.37. The topological polar surface area (TPSA) is 118 Å². The third-order valence-electron chi connectivity index (χ3n) is 2.02. The second kappa shape index (κ2) is 5.40. The number of halogens is 1. The van der Waals surface area contributed by atoms with Gasteiger partial charge in [0.15, 0.2) is 0 Å². The standard InChI is InChI=1S/C10H12ClN3O3/c11-7-4-5(12)3-6(10(16)17)9(7)14-2-1-8(13)15/h3-4,14H,1-2,12H2,(H2,13,15)(H,16,17). The molecule has 0 aliphatic carbocycles. The molecule has 0 radical (unpaired) electrons. The number of hydrogen-bond donors (Lipinski definition) is 4. The molecule has 1 amide bonds. The van der Waals surface area contributed by atoms with Gasteiger partial charge in [0.05, 0.1) is 16.3 Å². The van der Waals surface area contributed by atoms with Crippen molar-refractivity contribution < 1.29 is 14.7 Å². The van der Waals surface area contributed by atoms with Gasteiger partial charge in [0, 0.05) is 18.7 Å². The van der Waals surface area contributed by atoms with Gasteiger partial charge in [-0.25, -0.2) is 4.79 Å². The molecule has 0 aromatic heterocycles. The number of nitrogens with one attached hydrogen (secondary N) is 1. The fourth-order valence-electron chi connectivity index (χ4n) is 1.29. The van der Waals surface area contributed by atoms with Crippen LogP contribution in [0.1, 0.15) is 16.8 Å². The highest BCUT2D eigenvalue weighted by molar-refractivity contribution is 6.34. The van der Waals surface area contributed by atoms with E-state index in [9.17, 15) is 9.59 Å². The van der Waals surface area contributed by atoms with Crippen molar-refractivity contribution in [3.8, 4) is 0 Å². The number of rotatable bonds is 5. The minimum atomic E-state index is -1.15. The minimum absolute atomic E-state index is 0.0422. The lowest BCUT2D eigenvalue weighted by atomic mass is 10.1. The number of nitrogens with two attached hydrogens (primary N) is 2. The summed E-state index contributed by atoms with van der Waals surface area (Å²) in [5.74, 6) is -1.64. The van der Waals surface area contributed by atoms with Crippen LogP contribution in [0.4, 0.5) is 11.4 Å². The Labute approximate surface area is 103 Å². The number of primary amides is 1. The van der Waals surface area contributed by atoms with Crippen LogP contribution in [0.2, 0.25) is 5.02 Å². The van der Waals surface area contributed by atoms with E-state index in [1.54, 1.807) is 0 Å². The van der Waals surface area contributed by atoms with Crippen LogP contribution in [-0.4, -0.2) is 23.5 Å². The zero-order valence-corrected chi connectivity index (χ0v) is 9.62. The molecule has 0 saturated heterocycles. The van der Waals surface area contributed by atoms with Crippen molar-refractivity contribution in [3.05, 3.63) is 22.7 Å². The van der Waals surface area contributed by atoms with Crippen LogP contribution >= 0.6 is 11.6 Å². The molecule has 1 rings (SSSR count). The van der Waals surface area contributed by atoms with Gasteiger partial charge in [-0.3, -0.25) is 4.79 Å². The molecule has 1 aromatic rings. The van der Waals surface area contributed by atoms with E-state index in [-0.39, 0.29) is 34.9 Å². The lowest BCUT2D eigenvalue weighted by Gasteiger charge is -2.11. The number of hydrogen-bond acceptors (Lipinski definition) is 4. The molecular formula is C10H12ClN3O3. The fourth-order valence-corrected chi connectivity index (χ4v) is 1.58. The maximum absolute atomic E-state index is 11.0. The Morgan fingerprint density at radius 1 is 1.41 bits per heavy atom. The minimum Gasteiger partial charge on any atom is -0.478 e. The number of carbonyl (C=O) groups is 2. The predicted octanol–water partition coefficient (Wildman–Crippen LogP) is 0.908. The molecule has 0 unspecified atom stereocenters. The van der Waals surface area contributed by atoms with Gasteiger partial charge >= 0.3 is 5.97 Å². The van der Waals surface area contributed by atoms with Crippen LogP contribution in [0.15, 0.2) is 12.1 Å². The maximum Gasteiger partial charge on any atom is 0.337 e. The number of benzene rings is 1. The van der Waals surface area contributed by atoms with Crippen LogP contribution in [0.25, 0.3) is 0 Å². The maximum atomic E-state index is 11.0. The summed E-state index contributed by atoms with van der Waals surface area (Å²) >= 11 is 5.87. The number of anilines is 2. The van der Waals surface area contributed by atoms with Crippen molar-refractivity contribution in [2.75, 3.05) is 17.6 Å². The summed E-state index contributed by atoms with van der Waals surface area (Å²) in [6.07, 6.45) is 0.0831. The smallest absolute Gasteiger partial charge is 0.337 e. The van der Waals surface area contributed by atoms with Crippen molar-refractivity contribution in [1.29, 1.82) is 0 Å². The number of aromatic carboxylic acids is 1. The quantitative estimate of drug-likeness (QED) is 0.585. The largest absolute Gasteiger partial charge is 0.478 e. The molecular weight excluding hydrogens is 246 g/mol. The lowest BCUT2D eigenvalue weighted by Crippen LogP contribution is -2.17. The Bertz CT molecular complexity index is 462. The van der Waals surface area contributed by atoms with Gasteiger partial charge in [-0.15, -0.1) is 0 Å². The lowest BCUT2D eigenvalue weighted by molar-refractivity contribution is -0.117. The van der Waals surface area contributed by atoms with E-state index in [0.717, 1.165) is 0 Å². The Morgan fingerprint density at radius 2 is 2.06 bits per heavy atom. The molecule has 0 spiro atoms. The molecule has 7 heteroatoms. The number of carbonyl (C=O) groups excluding carboxylic acids is 1. The van der Waals surface area contributed by atoms with Crippen LogP contribution in [-0.2, 0) is 4.79 Å². The average Bonchev–Trinajstić information content (AvgIpc) is 2.19. The molecule has 6 nitrogen and oxygen atoms in total. The monoisotopic (exact) mass is 257 g/mol. The zero-order chi connectivity index (χ0) is 13.0. The summed E-state index contributed by atoms with van der Waals surface area (Å²) in [6, 6.07) is 2.72. The van der Waals surface area contributed by atoms with Crippen LogP contribution in [0.3, 0.4) is 0 Å². The highest BCUT2D eigenvalue weighted by atomic mass is 35.5. The molecule has 6 N–H and O–H groups in total. The summed E-state index contributed by atoms with van der Waals surface area (Å²) in [5, 5.41) is 11.9. The molecule has 0 aliphatic heterocycles. The Hall–Kier alpha value is -1.95. The molecule has 0 heterocycles. The van der Waals surface area contributed by atoms with Gasteiger partial charge in [-0.2, -0.15) is 0 Å². The van der Waals surface area contributed by atoms with E-state index in [0.29, 0.717) is 0 Å². The average molecular weight is 258 g/mol. The Morgan fingerprint density at radius 3 is 2.59 bits per heavy atom. The zero-order valence-electron chi connectivity index (χ0n) is 8.87. The SMILES string of the molecule is NC(=O)CCNc1c(Cl)cc(N)cc1C(=O)O. The van der Waals surface area contributed by atoms with Gasteiger partial charge in [0.1, 0.15) is 0 Å². The van der Waals surface area contributed by atoms with Gasteiger partial charge in [0.2, 0.25) is 5.91 Å². The van der Waals surface area contributed by atoms with Gasteiger partial charge < -0.3 is 21.9 Å². The second-order valence-corrected chi connectivity index (χ2v) is 3.78. The molecule has 17 heavy (non-hydrogen) atoms. The van der Waals surface area contributed by atoms with Crippen LogP contribution in [0.5, 0.6) is 0 Å². The first-order valence-corrected chi connectivity index (χ1v) is 5.14. The Balaban J connectivity index is 2.96. The molecule has 0 saturated carbocycles. The van der Waals surface area contributed by atoms with Crippen molar-refractivity contribution in [2.45, 2.75) is 6.42 Å². The normalized spacial score (nSPS) is 9.94. The third kappa shape index (κ3) is 3.53. The van der Waals surface area contributed by atoms with E-state index in [1.165, 1.54) is 12.1 Å². The van der Waals surface area contributed by atoms with Gasteiger partial charge in [0.25, 0.3) is 0 Å². The summed E-state index contributed by atoms with van der Waals surface area (Å²) in [6.45, 7) is 0.208. The Kier molecular flexibility index (Phi) is 4.17. The van der Waals surface area contributed by atoms with Gasteiger partial charge in [-0.05, 0) is 12.1 Å². The molecule has 0 atom stereocenters. The summed E-state index contributed by atoms with van der Waals surface area (Å²) in [5.41, 5.74) is 10.9. The van der Waals surface area contributed by atoms with E-state index in [2.05, 4.69) is 5.32 Å². The molecule has 0 bridgehead atoms. The summed E-state index contributed by atoms with van der Waals surface area (Å²) in [4.78, 5) is 21.5.